The molecule has 0 bridgehead atoms. The molecule has 0 heterocycles. The van der Waals surface area contributed by atoms with Crippen molar-refractivity contribution in [3.63, 3.8) is 0 Å². The van der Waals surface area contributed by atoms with E-state index in [2.05, 4.69) is 23.9 Å². The minimum Gasteiger partial charge on any atom is -0.350 e. The molecule has 1 atom stereocenters. The van der Waals surface area contributed by atoms with Crippen LogP contribution in [-0.4, -0.2) is 26.4 Å². The second-order valence-corrected chi connectivity index (χ2v) is 9.50. The second-order valence-electron chi connectivity index (χ2n) is 7.00. The van der Waals surface area contributed by atoms with E-state index < -0.39 is 15.9 Å². The van der Waals surface area contributed by atoms with Crippen molar-refractivity contribution < 1.29 is 13.2 Å². The molecule has 0 aromatic heterocycles. The lowest BCUT2D eigenvalue weighted by Gasteiger charge is -2.16. The van der Waals surface area contributed by atoms with Crippen LogP contribution in [-0.2, 0) is 10.0 Å². The Kier molecular flexibility index (Phi) is 6.76. The van der Waals surface area contributed by atoms with Gasteiger partial charge in [-0.05, 0) is 50.7 Å². The van der Waals surface area contributed by atoms with Crippen LogP contribution in [0.2, 0.25) is 10.0 Å². The smallest absolute Gasteiger partial charge is 0.253 e. The molecule has 25 heavy (non-hydrogen) atoms. The van der Waals surface area contributed by atoms with Crippen molar-refractivity contribution in [1.29, 1.82) is 0 Å². The Balaban J connectivity index is 2.19. The summed E-state index contributed by atoms with van der Waals surface area (Å²) in [6.07, 6.45) is 3.44. The Bertz CT molecular complexity index is 747. The van der Waals surface area contributed by atoms with Crippen molar-refractivity contribution >= 4 is 39.1 Å². The van der Waals surface area contributed by atoms with Gasteiger partial charge in [0.25, 0.3) is 5.91 Å². The zero-order valence-electron chi connectivity index (χ0n) is 14.6. The summed E-state index contributed by atoms with van der Waals surface area (Å²) in [5.74, 6) is 0.143. The van der Waals surface area contributed by atoms with Gasteiger partial charge in [-0.3, -0.25) is 4.79 Å². The molecular formula is C17H24Cl2N2O3S. The zero-order valence-corrected chi connectivity index (χ0v) is 16.9. The fourth-order valence-electron chi connectivity index (χ4n) is 2.35. The first-order chi connectivity index (χ1) is 11.6. The normalized spacial score (nSPS) is 16.1. The molecule has 1 amide bonds. The molecule has 1 saturated carbocycles. The highest BCUT2D eigenvalue weighted by molar-refractivity contribution is 7.89. The molecule has 8 heteroatoms. The molecule has 1 aliphatic carbocycles. The standard InChI is InChI=1S/C17H24Cl2N2O3S/c1-10(2)4-5-11(3)20-17(22)13-8-16(15(19)9-14(13)18)25(23,24)21-12-6-7-12/h8-12,21H,4-7H2,1-3H3,(H,20,22)/t11-/m1/s1. The van der Waals surface area contributed by atoms with Crippen molar-refractivity contribution in [2.45, 2.75) is 63.4 Å². The number of hydrogen-bond acceptors (Lipinski definition) is 3. The molecule has 2 N–H and O–H groups in total. The van der Waals surface area contributed by atoms with Gasteiger partial charge in [-0.15, -0.1) is 0 Å². The summed E-state index contributed by atoms with van der Waals surface area (Å²) in [6.45, 7) is 6.15. The summed E-state index contributed by atoms with van der Waals surface area (Å²) < 4.78 is 27.4. The van der Waals surface area contributed by atoms with Crippen LogP contribution in [0.5, 0.6) is 0 Å². The van der Waals surface area contributed by atoms with Crippen LogP contribution in [0.4, 0.5) is 0 Å². The average Bonchev–Trinajstić information content (AvgIpc) is 3.27. The predicted octanol–water partition coefficient (Wildman–Crippen LogP) is 3.99. The molecule has 5 nitrogen and oxygen atoms in total. The first kappa shape index (κ1) is 20.5. The van der Waals surface area contributed by atoms with Crippen LogP contribution in [0.25, 0.3) is 0 Å². The molecule has 1 aromatic carbocycles. The van der Waals surface area contributed by atoms with Gasteiger partial charge in [0.1, 0.15) is 4.90 Å². The number of benzene rings is 1. The van der Waals surface area contributed by atoms with Crippen LogP contribution in [0.15, 0.2) is 17.0 Å². The van der Waals surface area contributed by atoms with Gasteiger partial charge >= 0.3 is 0 Å². The maximum Gasteiger partial charge on any atom is 0.253 e. The molecule has 0 spiro atoms. The SMILES string of the molecule is CC(C)CC[C@@H](C)NC(=O)c1cc(S(=O)(=O)NC2CC2)c(Cl)cc1Cl. The highest BCUT2D eigenvalue weighted by Gasteiger charge is 2.30. The van der Waals surface area contributed by atoms with Crippen molar-refractivity contribution in [2.24, 2.45) is 5.92 Å². The van der Waals surface area contributed by atoms with Gasteiger partial charge in [0.05, 0.1) is 15.6 Å². The van der Waals surface area contributed by atoms with E-state index in [1.807, 2.05) is 6.92 Å². The number of nitrogens with one attached hydrogen (secondary N) is 2. The number of carbonyl (C=O) groups excluding carboxylic acids is 1. The summed E-state index contributed by atoms with van der Waals surface area (Å²) in [7, 11) is -3.77. The quantitative estimate of drug-likeness (QED) is 0.684. The molecule has 1 aliphatic rings. The second kappa shape index (κ2) is 8.25. The predicted molar refractivity (Wildman–Crippen MR) is 101 cm³/mol. The van der Waals surface area contributed by atoms with Crippen molar-refractivity contribution in [3.05, 3.63) is 27.7 Å². The number of rotatable bonds is 8. The Hall–Kier alpha value is -0.820. The van der Waals surface area contributed by atoms with E-state index in [-0.39, 0.29) is 32.6 Å². The van der Waals surface area contributed by atoms with Gasteiger partial charge in [0.2, 0.25) is 10.0 Å². The maximum absolute atomic E-state index is 12.5. The zero-order chi connectivity index (χ0) is 18.8. The van der Waals surface area contributed by atoms with Crippen molar-refractivity contribution in [1.82, 2.24) is 10.0 Å². The summed E-state index contributed by atoms with van der Waals surface area (Å²) in [6, 6.07) is 2.47. The molecule has 1 fully saturated rings. The Morgan fingerprint density at radius 1 is 1.16 bits per heavy atom. The molecule has 0 unspecified atom stereocenters. The third-order valence-electron chi connectivity index (χ3n) is 4.01. The minimum atomic E-state index is -3.77. The minimum absolute atomic E-state index is 0.00237. The van der Waals surface area contributed by atoms with Crippen LogP contribution in [0.3, 0.4) is 0 Å². The maximum atomic E-state index is 12.5. The van der Waals surface area contributed by atoms with Gasteiger partial charge in [0.15, 0.2) is 0 Å². The summed E-state index contributed by atoms with van der Waals surface area (Å²) in [5.41, 5.74) is 0.110. The number of halogens is 2. The van der Waals surface area contributed by atoms with E-state index in [9.17, 15) is 13.2 Å². The number of hydrogen-bond donors (Lipinski definition) is 2. The summed E-state index contributed by atoms with van der Waals surface area (Å²) in [5, 5.41) is 2.99. The first-order valence-electron chi connectivity index (χ1n) is 8.42. The van der Waals surface area contributed by atoms with Crippen molar-refractivity contribution in [2.75, 3.05) is 0 Å². The largest absolute Gasteiger partial charge is 0.350 e. The lowest BCUT2D eigenvalue weighted by atomic mass is 10.0. The highest BCUT2D eigenvalue weighted by atomic mass is 35.5. The number of sulfonamides is 1. The fraction of sp³-hybridized carbons (Fsp3) is 0.588. The van der Waals surface area contributed by atoms with E-state index >= 15 is 0 Å². The molecule has 1 aromatic rings. The fourth-order valence-corrected chi connectivity index (χ4v) is 4.51. The Labute approximate surface area is 159 Å². The molecule has 140 valence electrons. The van der Waals surface area contributed by atoms with Crippen LogP contribution in [0.1, 0.15) is 56.8 Å². The van der Waals surface area contributed by atoms with Crippen molar-refractivity contribution in [3.8, 4) is 0 Å². The molecular weight excluding hydrogens is 383 g/mol. The topological polar surface area (TPSA) is 75.3 Å². The van der Waals surface area contributed by atoms with Gasteiger partial charge in [-0.1, -0.05) is 37.0 Å². The average molecular weight is 407 g/mol. The van der Waals surface area contributed by atoms with Gasteiger partial charge in [-0.25, -0.2) is 13.1 Å². The third-order valence-corrected chi connectivity index (χ3v) is 6.31. The summed E-state index contributed by atoms with van der Waals surface area (Å²) >= 11 is 12.2. The highest BCUT2D eigenvalue weighted by Crippen LogP contribution is 2.30. The Morgan fingerprint density at radius 3 is 2.36 bits per heavy atom. The lowest BCUT2D eigenvalue weighted by Crippen LogP contribution is -2.33. The van der Waals surface area contributed by atoms with Gasteiger partial charge in [-0.2, -0.15) is 0 Å². The number of carbonyl (C=O) groups is 1. The molecule has 0 aliphatic heterocycles. The van der Waals surface area contributed by atoms with E-state index in [0.717, 1.165) is 25.7 Å². The van der Waals surface area contributed by atoms with Gasteiger partial charge in [0, 0.05) is 12.1 Å². The molecule has 2 rings (SSSR count). The monoisotopic (exact) mass is 406 g/mol. The van der Waals surface area contributed by atoms with Crippen LogP contribution < -0.4 is 10.0 Å². The molecule has 0 saturated heterocycles. The lowest BCUT2D eigenvalue weighted by molar-refractivity contribution is 0.0937. The van der Waals surface area contributed by atoms with Crippen LogP contribution in [0, 0.1) is 5.92 Å². The van der Waals surface area contributed by atoms with Crippen LogP contribution >= 0.6 is 23.2 Å². The van der Waals surface area contributed by atoms with E-state index in [4.69, 9.17) is 23.2 Å². The summed E-state index contributed by atoms with van der Waals surface area (Å²) in [4.78, 5) is 12.4. The number of amides is 1. The third kappa shape index (κ3) is 5.84. The van der Waals surface area contributed by atoms with E-state index in [1.54, 1.807) is 0 Å². The first-order valence-corrected chi connectivity index (χ1v) is 10.7. The Morgan fingerprint density at radius 2 is 1.80 bits per heavy atom. The van der Waals surface area contributed by atoms with Gasteiger partial charge < -0.3 is 5.32 Å². The van der Waals surface area contributed by atoms with E-state index in [0.29, 0.717) is 5.92 Å². The van der Waals surface area contributed by atoms with E-state index in [1.165, 1.54) is 12.1 Å². The molecule has 0 radical (unpaired) electrons.